The van der Waals surface area contributed by atoms with Crippen LogP contribution in [0.15, 0.2) is 35.3 Å². The van der Waals surface area contributed by atoms with Gasteiger partial charge in [0.05, 0.1) is 18.8 Å². The van der Waals surface area contributed by atoms with Crippen LogP contribution in [0, 0.1) is 0 Å². The van der Waals surface area contributed by atoms with E-state index in [1.165, 1.54) is 5.56 Å². The Morgan fingerprint density at radius 3 is 2.72 bits per heavy atom. The van der Waals surface area contributed by atoms with Crippen molar-refractivity contribution in [2.45, 2.75) is 39.0 Å². The summed E-state index contributed by atoms with van der Waals surface area (Å²) in [5, 5.41) is 6.21. The highest BCUT2D eigenvalue weighted by Crippen LogP contribution is 2.24. The Bertz CT molecular complexity index is 658. The number of carbonyl (C=O) groups excluding carboxylic acids is 1. The SMILES string of the molecule is CCCNC(=O)CN=C(NCC)N1CC2OCCN(Cc3ccccc3)C2C1.I. The third-order valence-corrected chi connectivity index (χ3v) is 5.22. The summed E-state index contributed by atoms with van der Waals surface area (Å²) in [6, 6.07) is 10.9. The van der Waals surface area contributed by atoms with Crippen molar-refractivity contribution in [1.82, 2.24) is 20.4 Å². The lowest BCUT2D eigenvalue weighted by molar-refractivity contribution is -0.119. The van der Waals surface area contributed by atoms with Gasteiger partial charge in [-0.05, 0) is 18.9 Å². The first-order chi connectivity index (χ1) is 13.7. The molecule has 162 valence electrons. The molecule has 2 atom stereocenters. The zero-order valence-electron chi connectivity index (χ0n) is 17.5. The molecule has 1 aromatic carbocycles. The fourth-order valence-electron chi connectivity index (χ4n) is 3.84. The largest absolute Gasteiger partial charge is 0.373 e. The third kappa shape index (κ3) is 6.82. The number of nitrogens with zero attached hydrogens (tertiary/aromatic N) is 3. The molecule has 3 rings (SSSR count). The van der Waals surface area contributed by atoms with Gasteiger partial charge in [0, 0.05) is 39.3 Å². The van der Waals surface area contributed by atoms with Crippen molar-refractivity contribution in [3.63, 3.8) is 0 Å². The second-order valence-electron chi connectivity index (χ2n) is 7.36. The van der Waals surface area contributed by atoms with Gasteiger partial charge in [-0.25, -0.2) is 4.99 Å². The fraction of sp³-hybridized carbons (Fsp3) is 0.619. The lowest BCUT2D eigenvalue weighted by atomic mass is 10.1. The Kier molecular flexibility index (Phi) is 10.2. The summed E-state index contributed by atoms with van der Waals surface area (Å²) in [6.07, 6.45) is 1.11. The van der Waals surface area contributed by atoms with Crippen LogP contribution >= 0.6 is 24.0 Å². The number of benzene rings is 1. The first-order valence-electron chi connectivity index (χ1n) is 10.4. The van der Waals surface area contributed by atoms with E-state index in [4.69, 9.17) is 4.74 Å². The van der Waals surface area contributed by atoms with E-state index < -0.39 is 0 Å². The van der Waals surface area contributed by atoms with Crippen LogP contribution in [0.4, 0.5) is 0 Å². The number of hydrogen-bond donors (Lipinski definition) is 2. The van der Waals surface area contributed by atoms with E-state index in [0.29, 0.717) is 12.6 Å². The topological polar surface area (TPSA) is 69.2 Å². The fourth-order valence-corrected chi connectivity index (χ4v) is 3.84. The number of fused-ring (bicyclic) bond motifs is 1. The Hall–Kier alpha value is -1.39. The summed E-state index contributed by atoms with van der Waals surface area (Å²) in [5.41, 5.74) is 1.33. The smallest absolute Gasteiger partial charge is 0.241 e. The number of aliphatic imine (C=N–C) groups is 1. The van der Waals surface area contributed by atoms with Crippen molar-refractivity contribution in [1.29, 1.82) is 0 Å². The number of carbonyl (C=O) groups is 1. The minimum Gasteiger partial charge on any atom is -0.373 e. The number of hydrogen-bond acceptors (Lipinski definition) is 4. The number of nitrogens with one attached hydrogen (secondary N) is 2. The van der Waals surface area contributed by atoms with Gasteiger partial charge in [-0.2, -0.15) is 0 Å². The Balaban J connectivity index is 0.00000300. The van der Waals surface area contributed by atoms with Crippen molar-refractivity contribution >= 4 is 35.8 Å². The van der Waals surface area contributed by atoms with E-state index >= 15 is 0 Å². The van der Waals surface area contributed by atoms with Crippen molar-refractivity contribution in [2.24, 2.45) is 4.99 Å². The third-order valence-electron chi connectivity index (χ3n) is 5.22. The van der Waals surface area contributed by atoms with E-state index in [0.717, 1.165) is 51.7 Å². The maximum atomic E-state index is 11.9. The van der Waals surface area contributed by atoms with Gasteiger partial charge < -0.3 is 20.3 Å². The molecule has 0 radical (unpaired) electrons. The van der Waals surface area contributed by atoms with Crippen LogP contribution in [0.1, 0.15) is 25.8 Å². The van der Waals surface area contributed by atoms with Crippen LogP contribution < -0.4 is 10.6 Å². The zero-order chi connectivity index (χ0) is 19.8. The van der Waals surface area contributed by atoms with Crippen LogP contribution in [0.25, 0.3) is 0 Å². The number of halogens is 1. The van der Waals surface area contributed by atoms with Crippen LogP contribution in [-0.2, 0) is 16.1 Å². The molecule has 0 aliphatic carbocycles. The molecule has 1 aromatic rings. The molecule has 2 aliphatic rings. The van der Waals surface area contributed by atoms with Gasteiger partial charge >= 0.3 is 0 Å². The minimum atomic E-state index is -0.0316. The number of rotatable bonds is 7. The number of morpholine rings is 1. The number of ether oxygens (including phenoxy) is 1. The molecule has 2 aliphatic heterocycles. The second-order valence-corrected chi connectivity index (χ2v) is 7.36. The normalized spacial score (nSPS) is 22.0. The van der Waals surface area contributed by atoms with Gasteiger partial charge in [-0.15, -0.1) is 24.0 Å². The van der Waals surface area contributed by atoms with E-state index in [1.807, 2.05) is 13.8 Å². The minimum absolute atomic E-state index is 0. The maximum Gasteiger partial charge on any atom is 0.241 e. The molecule has 0 saturated carbocycles. The summed E-state index contributed by atoms with van der Waals surface area (Å²) in [5.74, 6) is 0.766. The molecule has 2 heterocycles. The van der Waals surface area contributed by atoms with E-state index in [1.54, 1.807) is 0 Å². The highest BCUT2D eigenvalue weighted by atomic mass is 127. The number of amides is 1. The van der Waals surface area contributed by atoms with Gasteiger partial charge in [0.1, 0.15) is 6.54 Å². The molecule has 2 fully saturated rings. The van der Waals surface area contributed by atoms with Gasteiger partial charge in [-0.1, -0.05) is 37.3 Å². The molecule has 29 heavy (non-hydrogen) atoms. The van der Waals surface area contributed by atoms with Gasteiger partial charge in [0.2, 0.25) is 5.91 Å². The highest BCUT2D eigenvalue weighted by molar-refractivity contribution is 14.0. The Labute approximate surface area is 191 Å². The molecule has 8 heteroatoms. The van der Waals surface area contributed by atoms with Crippen molar-refractivity contribution in [2.75, 3.05) is 45.9 Å². The molecule has 0 aromatic heterocycles. The van der Waals surface area contributed by atoms with Crippen LogP contribution in [-0.4, -0.2) is 79.7 Å². The average molecular weight is 515 g/mol. The molecule has 2 N–H and O–H groups in total. The molecule has 1 amide bonds. The van der Waals surface area contributed by atoms with E-state index in [9.17, 15) is 4.79 Å². The quantitative estimate of drug-likeness (QED) is 0.329. The lowest BCUT2D eigenvalue weighted by Crippen LogP contribution is -2.50. The van der Waals surface area contributed by atoms with Gasteiger partial charge in [0.25, 0.3) is 0 Å². The average Bonchev–Trinajstić information content (AvgIpc) is 3.15. The molecule has 2 unspecified atom stereocenters. The van der Waals surface area contributed by atoms with Crippen LogP contribution in [0.2, 0.25) is 0 Å². The molecule has 2 saturated heterocycles. The number of guanidine groups is 1. The summed E-state index contributed by atoms with van der Waals surface area (Å²) in [4.78, 5) is 21.2. The van der Waals surface area contributed by atoms with E-state index in [2.05, 4.69) is 55.8 Å². The molecule has 7 nitrogen and oxygen atoms in total. The highest BCUT2D eigenvalue weighted by Gasteiger charge is 2.41. The number of likely N-dealkylation sites (tertiary alicyclic amines) is 1. The van der Waals surface area contributed by atoms with Crippen LogP contribution in [0.5, 0.6) is 0 Å². The Morgan fingerprint density at radius 2 is 2.00 bits per heavy atom. The van der Waals surface area contributed by atoms with Crippen molar-refractivity contribution in [3.8, 4) is 0 Å². The van der Waals surface area contributed by atoms with Crippen molar-refractivity contribution in [3.05, 3.63) is 35.9 Å². The summed E-state index contributed by atoms with van der Waals surface area (Å²) < 4.78 is 6.06. The zero-order valence-corrected chi connectivity index (χ0v) is 19.8. The monoisotopic (exact) mass is 515 g/mol. The van der Waals surface area contributed by atoms with Crippen molar-refractivity contribution < 1.29 is 9.53 Å². The summed E-state index contributed by atoms with van der Waals surface area (Å²) in [6.45, 7) is 10.0. The maximum absolute atomic E-state index is 11.9. The molecule has 0 bridgehead atoms. The van der Waals surface area contributed by atoms with Gasteiger partial charge in [-0.3, -0.25) is 9.69 Å². The van der Waals surface area contributed by atoms with Crippen LogP contribution in [0.3, 0.4) is 0 Å². The predicted molar refractivity (Wildman–Crippen MR) is 127 cm³/mol. The Morgan fingerprint density at radius 1 is 1.21 bits per heavy atom. The molecular weight excluding hydrogens is 481 g/mol. The first-order valence-corrected chi connectivity index (χ1v) is 10.4. The van der Waals surface area contributed by atoms with Gasteiger partial charge in [0.15, 0.2) is 5.96 Å². The first kappa shape index (κ1) is 23.9. The molecular formula is C21H34IN5O2. The summed E-state index contributed by atoms with van der Waals surface area (Å²) >= 11 is 0. The predicted octanol–water partition coefficient (Wildman–Crippen LogP) is 1.68. The summed E-state index contributed by atoms with van der Waals surface area (Å²) in [7, 11) is 0. The second kappa shape index (κ2) is 12.3. The lowest BCUT2D eigenvalue weighted by Gasteiger charge is -2.36. The van der Waals surface area contributed by atoms with E-state index in [-0.39, 0.29) is 42.5 Å². The molecule has 0 spiro atoms. The standard InChI is InChI=1S/C21H33N5O2.HI/c1-3-10-23-20(27)13-24-21(22-4-2)26-15-18-19(16-26)28-12-11-25(18)14-17-8-6-5-7-9-17;/h5-9,18-19H,3-4,10-16H2,1-2H3,(H,22,24)(H,23,27);1H.